The fraction of sp³-hybridized carbons (Fsp3) is 0.556. The number of aliphatic hydroxyl groups excluding tert-OH is 2. The van der Waals surface area contributed by atoms with Crippen LogP contribution in [0.3, 0.4) is 0 Å². The Morgan fingerprint density at radius 3 is 2.67 bits per heavy atom. The number of aromatic nitrogens is 2. The van der Waals surface area contributed by atoms with Crippen LogP contribution in [-0.4, -0.2) is 44.3 Å². The van der Waals surface area contributed by atoms with Gasteiger partial charge in [0.15, 0.2) is 0 Å². The van der Waals surface area contributed by atoms with Gasteiger partial charge in [0.25, 0.3) is 5.56 Å². The van der Waals surface area contributed by atoms with Crippen molar-refractivity contribution in [3.63, 3.8) is 0 Å². The van der Waals surface area contributed by atoms with Crippen molar-refractivity contribution >= 4 is 10.9 Å². The molecule has 0 amide bonds. The summed E-state index contributed by atoms with van der Waals surface area (Å²) in [5.74, 6) is 1.18. The lowest BCUT2D eigenvalue weighted by atomic mass is 9.84. The Balaban J connectivity index is 1.93. The van der Waals surface area contributed by atoms with Crippen LogP contribution in [0.4, 0.5) is 0 Å². The van der Waals surface area contributed by atoms with Crippen LogP contribution in [0.5, 0.6) is 0 Å². The first-order chi connectivity index (χ1) is 11.6. The standard InChI is InChI=1S/C18H23N3O3/c1-20-5-2-3-13-16(20)4-6-21-17(13)19-15-8-12(10-23)11(9-22)7-14(15)18(21)24/h7-8,13,16,22-23H,2-6,9-10H2,1H3/t13-,16+/m0/s1. The Bertz CT molecular complexity index is 845. The highest BCUT2D eigenvalue weighted by Crippen LogP contribution is 2.36. The second-order valence-corrected chi connectivity index (χ2v) is 6.97. The van der Waals surface area contributed by atoms with Gasteiger partial charge in [-0.3, -0.25) is 9.36 Å². The summed E-state index contributed by atoms with van der Waals surface area (Å²) in [6.45, 7) is 1.44. The predicted octanol–water partition coefficient (Wildman–Crippen LogP) is 0.963. The first-order valence-electron chi connectivity index (χ1n) is 8.62. The van der Waals surface area contributed by atoms with E-state index in [9.17, 15) is 15.0 Å². The molecule has 128 valence electrons. The van der Waals surface area contributed by atoms with E-state index in [1.165, 1.54) is 0 Å². The van der Waals surface area contributed by atoms with Crippen molar-refractivity contribution in [3.05, 3.63) is 39.4 Å². The number of piperidine rings is 1. The molecule has 0 unspecified atom stereocenters. The van der Waals surface area contributed by atoms with Crippen molar-refractivity contribution in [2.75, 3.05) is 13.6 Å². The van der Waals surface area contributed by atoms with E-state index < -0.39 is 0 Å². The van der Waals surface area contributed by atoms with E-state index in [0.29, 0.717) is 40.5 Å². The lowest BCUT2D eigenvalue weighted by molar-refractivity contribution is 0.123. The van der Waals surface area contributed by atoms with E-state index in [4.69, 9.17) is 4.98 Å². The van der Waals surface area contributed by atoms with Gasteiger partial charge in [0.05, 0.1) is 24.1 Å². The summed E-state index contributed by atoms with van der Waals surface area (Å²) in [6, 6.07) is 3.89. The minimum Gasteiger partial charge on any atom is -0.392 e. The van der Waals surface area contributed by atoms with Crippen LogP contribution in [0.15, 0.2) is 16.9 Å². The maximum absolute atomic E-state index is 13.0. The molecule has 4 rings (SSSR count). The lowest BCUT2D eigenvalue weighted by Gasteiger charge is -2.42. The Labute approximate surface area is 140 Å². The first-order valence-corrected chi connectivity index (χ1v) is 8.62. The molecule has 0 spiro atoms. The van der Waals surface area contributed by atoms with Gasteiger partial charge in [-0.2, -0.15) is 0 Å². The molecule has 6 nitrogen and oxygen atoms in total. The molecule has 0 saturated carbocycles. The Kier molecular flexibility index (Phi) is 3.90. The largest absolute Gasteiger partial charge is 0.392 e. The fourth-order valence-corrected chi connectivity index (χ4v) is 4.38. The number of aliphatic hydroxyl groups is 2. The van der Waals surface area contributed by atoms with Crippen LogP contribution in [0.1, 0.15) is 42.1 Å². The summed E-state index contributed by atoms with van der Waals surface area (Å²) < 4.78 is 1.82. The average molecular weight is 329 g/mol. The lowest BCUT2D eigenvalue weighted by Crippen LogP contribution is -2.47. The molecule has 2 aliphatic rings. The van der Waals surface area contributed by atoms with Crippen molar-refractivity contribution in [2.45, 2.75) is 51.0 Å². The number of hydrogen-bond donors (Lipinski definition) is 2. The molecular weight excluding hydrogens is 306 g/mol. The third kappa shape index (κ3) is 2.29. The molecule has 1 aromatic carbocycles. The van der Waals surface area contributed by atoms with Crippen LogP contribution in [0, 0.1) is 0 Å². The Morgan fingerprint density at radius 2 is 1.92 bits per heavy atom. The summed E-state index contributed by atoms with van der Waals surface area (Å²) in [6.07, 6.45) is 3.16. The number of benzene rings is 1. The third-order valence-corrected chi connectivity index (χ3v) is 5.68. The van der Waals surface area contributed by atoms with Crippen molar-refractivity contribution < 1.29 is 10.2 Å². The van der Waals surface area contributed by atoms with E-state index in [2.05, 4.69) is 11.9 Å². The number of fused-ring (bicyclic) bond motifs is 4. The molecule has 0 bridgehead atoms. The van der Waals surface area contributed by atoms with Gasteiger partial charge in [0, 0.05) is 18.5 Å². The SMILES string of the molecule is CN1CCC[C@@H]2c3nc4cc(CO)c(CO)cc4c(=O)n3CC[C@H]21. The van der Waals surface area contributed by atoms with Gasteiger partial charge in [-0.25, -0.2) is 4.98 Å². The maximum Gasteiger partial charge on any atom is 0.261 e. The van der Waals surface area contributed by atoms with Crippen LogP contribution >= 0.6 is 0 Å². The first kappa shape index (κ1) is 15.7. The van der Waals surface area contributed by atoms with Gasteiger partial charge in [-0.05, 0) is 56.1 Å². The number of likely N-dealkylation sites (N-methyl/N-ethyl adjacent to an activating group) is 1. The van der Waals surface area contributed by atoms with Crippen molar-refractivity contribution in [1.82, 2.24) is 14.5 Å². The minimum atomic E-state index is -0.192. The summed E-state index contributed by atoms with van der Waals surface area (Å²) >= 11 is 0. The molecule has 0 aliphatic carbocycles. The van der Waals surface area contributed by atoms with Gasteiger partial charge >= 0.3 is 0 Å². The van der Waals surface area contributed by atoms with Crippen LogP contribution < -0.4 is 5.56 Å². The van der Waals surface area contributed by atoms with Gasteiger partial charge in [-0.15, -0.1) is 0 Å². The van der Waals surface area contributed by atoms with E-state index >= 15 is 0 Å². The van der Waals surface area contributed by atoms with E-state index in [-0.39, 0.29) is 18.8 Å². The minimum absolute atomic E-state index is 0.0270. The molecule has 3 heterocycles. The predicted molar refractivity (Wildman–Crippen MR) is 90.9 cm³/mol. The number of nitrogens with zero attached hydrogens (tertiary/aromatic N) is 3. The second kappa shape index (κ2) is 5.95. The molecule has 2 N–H and O–H groups in total. The van der Waals surface area contributed by atoms with Crippen LogP contribution in [0.2, 0.25) is 0 Å². The number of likely N-dealkylation sites (tertiary alicyclic amines) is 1. The molecule has 1 fully saturated rings. The molecular formula is C18H23N3O3. The number of rotatable bonds is 2. The molecule has 24 heavy (non-hydrogen) atoms. The van der Waals surface area contributed by atoms with E-state index in [0.717, 1.165) is 31.6 Å². The summed E-state index contributed by atoms with van der Waals surface area (Å²) in [5.41, 5.74) is 1.83. The fourth-order valence-electron chi connectivity index (χ4n) is 4.38. The van der Waals surface area contributed by atoms with Gasteiger partial charge in [-0.1, -0.05) is 0 Å². The highest BCUT2D eigenvalue weighted by atomic mass is 16.3. The molecule has 2 aliphatic heterocycles. The van der Waals surface area contributed by atoms with Crippen LogP contribution in [-0.2, 0) is 19.8 Å². The second-order valence-electron chi connectivity index (χ2n) is 6.97. The maximum atomic E-state index is 13.0. The zero-order chi connectivity index (χ0) is 16.8. The van der Waals surface area contributed by atoms with Gasteiger partial charge < -0.3 is 15.1 Å². The Hall–Kier alpha value is -1.76. The topological polar surface area (TPSA) is 78.6 Å². The molecule has 6 heteroatoms. The van der Waals surface area contributed by atoms with Crippen molar-refractivity contribution in [2.24, 2.45) is 0 Å². The zero-order valence-corrected chi connectivity index (χ0v) is 13.9. The highest BCUT2D eigenvalue weighted by Gasteiger charge is 2.36. The highest BCUT2D eigenvalue weighted by molar-refractivity contribution is 5.79. The molecule has 2 atom stereocenters. The smallest absolute Gasteiger partial charge is 0.261 e. The summed E-state index contributed by atoms with van der Waals surface area (Å²) in [5, 5.41) is 19.5. The molecule has 0 radical (unpaired) electrons. The molecule has 1 saturated heterocycles. The van der Waals surface area contributed by atoms with Crippen molar-refractivity contribution in [3.8, 4) is 0 Å². The Morgan fingerprint density at radius 1 is 1.17 bits per heavy atom. The average Bonchev–Trinajstić information content (AvgIpc) is 2.61. The van der Waals surface area contributed by atoms with E-state index in [1.807, 2.05) is 4.57 Å². The van der Waals surface area contributed by atoms with Gasteiger partial charge in [0.1, 0.15) is 5.82 Å². The van der Waals surface area contributed by atoms with Gasteiger partial charge in [0.2, 0.25) is 0 Å². The monoisotopic (exact) mass is 329 g/mol. The zero-order valence-electron chi connectivity index (χ0n) is 13.9. The van der Waals surface area contributed by atoms with E-state index in [1.54, 1.807) is 12.1 Å². The quantitative estimate of drug-likeness (QED) is 0.858. The molecule has 1 aromatic heterocycles. The van der Waals surface area contributed by atoms with Crippen LogP contribution in [0.25, 0.3) is 10.9 Å². The van der Waals surface area contributed by atoms with Crippen molar-refractivity contribution in [1.29, 1.82) is 0 Å². The normalized spacial score (nSPS) is 24.0. The molecule has 2 aromatic rings. The summed E-state index contributed by atoms with van der Waals surface area (Å²) in [7, 11) is 2.16. The summed E-state index contributed by atoms with van der Waals surface area (Å²) in [4.78, 5) is 20.2. The number of hydrogen-bond acceptors (Lipinski definition) is 5. The third-order valence-electron chi connectivity index (χ3n) is 5.68.